The predicted octanol–water partition coefficient (Wildman–Crippen LogP) is 3.83. The molecule has 2 aromatic rings. The number of rotatable bonds is 6. The average Bonchev–Trinajstić information content (AvgIpc) is 2.81. The van der Waals surface area contributed by atoms with Gasteiger partial charge in [0, 0.05) is 28.6 Å². The van der Waals surface area contributed by atoms with Crippen molar-refractivity contribution in [2.24, 2.45) is 0 Å². The minimum atomic E-state index is 0.563. The molecule has 0 saturated heterocycles. The maximum Gasteiger partial charge on any atom is 0.124 e. The third-order valence-electron chi connectivity index (χ3n) is 2.69. The van der Waals surface area contributed by atoms with Crippen LogP contribution in [0.3, 0.4) is 0 Å². The minimum absolute atomic E-state index is 0.563. The lowest BCUT2D eigenvalue weighted by Gasteiger charge is -2.00. The topological polar surface area (TPSA) is 34.2 Å². The zero-order valence-electron chi connectivity index (χ0n) is 11.1. The van der Waals surface area contributed by atoms with Gasteiger partial charge in [0.05, 0.1) is 12.3 Å². The molecule has 0 aliphatic heterocycles. The molecule has 1 heterocycles. The molecular weight excluding hydrogens is 324 g/mol. The zero-order chi connectivity index (χ0) is 13.7. The van der Waals surface area contributed by atoms with E-state index in [2.05, 4.69) is 40.3 Å². The average molecular weight is 341 g/mol. The Balaban J connectivity index is 2.27. The van der Waals surface area contributed by atoms with Crippen LogP contribution in [0.1, 0.15) is 17.5 Å². The van der Waals surface area contributed by atoms with Gasteiger partial charge in [0.2, 0.25) is 0 Å². The van der Waals surface area contributed by atoms with Gasteiger partial charge < -0.3 is 10.1 Å². The van der Waals surface area contributed by atoms with E-state index in [4.69, 9.17) is 9.72 Å². The minimum Gasteiger partial charge on any atom is -0.378 e. The van der Waals surface area contributed by atoms with Crippen molar-refractivity contribution < 1.29 is 4.74 Å². The first-order chi connectivity index (χ1) is 9.24. The van der Waals surface area contributed by atoms with Gasteiger partial charge in [0.1, 0.15) is 5.01 Å². The third kappa shape index (κ3) is 3.86. The van der Waals surface area contributed by atoms with Crippen LogP contribution in [-0.4, -0.2) is 18.6 Å². The van der Waals surface area contributed by atoms with Gasteiger partial charge in [-0.15, -0.1) is 11.3 Å². The fourth-order valence-electron chi connectivity index (χ4n) is 1.73. The van der Waals surface area contributed by atoms with E-state index in [1.807, 2.05) is 12.1 Å². The van der Waals surface area contributed by atoms with Crippen LogP contribution in [0.2, 0.25) is 0 Å². The van der Waals surface area contributed by atoms with E-state index in [1.165, 1.54) is 4.88 Å². The van der Waals surface area contributed by atoms with E-state index in [-0.39, 0.29) is 0 Å². The Hall–Kier alpha value is -0.750. The number of benzene rings is 1. The molecule has 0 radical (unpaired) electrons. The molecule has 0 bridgehead atoms. The number of hydrogen-bond acceptors (Lipinski definition) is 4. The van der Waals surface area contributed by atoms with Crippen molar-refractivity contribution in [2.75, 3.05) is 13.7 Å². The van der Waals surface area contributed by atoms with Crippen molar-refractivity contribution in [3.63, 3.8) is 0 Å². The van der Waals surface area contributed by atoms with Crippen molar-refractivity contribution in [1.29, 1.82) is 0 Å². The maximum absolute atomic E-state index is 5.23. The van der Waals surface area contributed by atoms with Gasteiger partial charge in [0.25, 0.3) is 0 Å². The van der Waals surface area contributed by atoms with Crippen molar-refractivity contribution >= 4 is 27.3 Å². The van der Waals surface area contributed by atoms with Crippen LogP contribution in [-0.2, 0) is 17.9 Å². The highest BCUT2D eigenvalue weighted by Gasteiger charge is 2.12. The van der Waals surface area contributed by atoms with E-state index in [0.717, 1.165) is 33.8 Å². The summed E-state index contributed by atoms with van der Waals surface area (Å²) in [5, 5.41) is 4.39. The quantitative estimate of drug-likeness (QED) is 0.867. The lowest BCUT2D eigenvalue weighted by molar-refractivity contribution is 0.181. The predicted molar refractivity (Wildman–Crippen MR) is 83.3 cm³/mol. The molecule has 2 rings (SSSR count). The monoisotopic (exact) mass is 340 g/mol. The molecule has 0 unspecified atom stereocenters. The summed E-state index contributed by atoms with van der Waals surface area (Å²) in [5.74, 6) is 0. The molecule has 5 heteroatoms. The second-order valence-corrected chi connectivity index (χ2v) is 6.11. The lowest BCUT2D eigenvalue weighted by atomic mass is 10.2. The summed E-state index contributed by atoms with van der Waals surface area (Å²) < 4.78 is 6.31. The Bertz CT molecular complexity index is 525. The van der Waals surface area contributed by atoms with E-state index in [0.29, 0.717) is 6.61 Å². The molecule has 102 valence electrons. The molecule has 0 spiro atoms. The largest absolute Gasteiger partial charge is 0.378 e. The number of ether oxygens (including phenoxy) is 1. The summed E-state index contributed by atoms with van der Waals surface area (Å²) in [6.07, 6.45) is 0. The first kappa shape index (κ1) is 14.7. The van der Waals surface area contributed by atoms with Gasteiger partial charge in [0.15, 0.2) is 0 Å². The Morgan fingerprint density at radius 1 is 1.32 bits per heavy atom. The number of nitrogens with one attached hydrogen (secondary N) is 1. The number of aromatic nitrogens is 1. The third-order valence-corrected chi connectivity index (χ3v) is 4.36. The van der Waals surface area contributed by atoms with Crippen molar-refractivity contribution in [3.05, 3.63) is 39.3 Å². The highest BCUT2D eigenvalue weighted by Crippen LogP contribution is 2.29. The van der Waals surface area contributed by atoms with Crippen LogP contribution >= 0.6 is 27.3 Å². The van der Waals surface area contributed by atoms with Crippen LogP contribution in [0.5, 0.6) is 0 Å². The number of halogens is 1. The maximum atomic E-state index is 5.23. The fraction of sp³-hybridized carbons (Fsp3) is 0.357. The summed E-state index contributed by atoms with van der Waals surface area (Å²) in [7, 11) is 1.70. The molecule has 0 aliphatic rings. The highest BCUT2D eigenvalue weighted by atomic mass is 79.9. The van der Waals surface area contributed by atoms with Gasteiger partial charge in [-0.2, -0.15) is 0 Å². The molecule has 0 atom stereocenters. The summed E-state index contributed by atoms with van der Waals surface area (Å²) in [6, 6.07) is 8.24. The van der Waals surface area contributed by atoms with Gasteiger partial charge in [-0.1, -0.05) is 35.0 Å². The summed E-state index contributed by atoms with van der Waals surface area (Å²) in [4.78, 5) is 5.94. The highest BCUT2D eigenvalue weighted by molar-refractivity contribution is 9.10. The van der Waals surface area contributed by atoms with Crippen LogP contribution in [0.25, 0.3) is 10.6 Å². The molecule has 0 amide bonds. The zero-order valence-corrected chi connectivity index (χ0v) is 13.5. The molecule has 1 aromatic heterocycles. The van der Waals surface area contributed by atoms with Crippen LogP contribution in [0.15, 0.2) is 28.7 Å². The fourth-order valence-corrected chi connectivity index (χ4v) is 3.03. The second kappa shape index (κ2) is 7.14. The molecule has 1 N–H and O–H groups in total. The number of thiazole rings is 1. The number of methoxy groups -OCH3 is 1. The Kier molecular flexibility index (Phi) is 5.51. The standard InChI is InChI=1S/C14H17BrN2OS/c1-3-16-8-13-12(9-18-2)17-14(19-13)10-4-6-11(15)7-5-10/h4-7,16H,3,8-9H2,1-2H3. The van der Waals surface area contributed by atoms with E-state index in [1.54, 1.807) is 18.4 Å². The lowest BCUT2D eigenvalue weighted by Crippen LogP contribution is -2.12. The summed E-state index contributed by atoms with van der Waals surface area (Å²) >= 11 is 5.18. The SMILES string of the molecule is CCNCc1sc(-c2ccc(Br)cc2)nc1COC. The Morgan fingerprint density at radius 2 is 2.05 bits per heavy atom. The van der Waals surface area contributed by atoms with E-state index < -0.39 is 0 Å². The molecule has 0 fully saturated rings. The first-order valence-corrected chi connectivity index (χ1v) is 7.79. The molecule has 19 heavy (non-hydrogen) atoms. The van der Waals surface area contributed by atoms with Gasteiger partial charge in [-0.05, 0) is 18.7 Å². The van der Waals surface area contributed by atoms with Crippen LogP contribution in [0.4, 0.5) is 0 Å². The van der Waals surface area contributed by atoms with Crippen LogP contribution < -0.4 is 5.32 Å². The molecule has 1 aromatic carbocycles. The van der Waals surface area contributed by atoms with Crippen LogP contribution in [0, 0.1) is 0 Å². The van der Waals surface area contributed by atoms with E-state index >= 15 is 0 Å². The second-order valence-electron chi connectivity index (χ2n) is 4.11. The molecule has 0 saturated carbocycles. The summed E-state index contributed by atoms with van der Waals surface area (Å²) in [5.41, 5.74) is 2.18. The molecule has 3 nitrogen and oxygen atoms in total. The molecular formula is C14H17BrN2OS. The Morgan fingerprint density at radius 3 is 2.68 bits per heavy atom. The van der Waals surface area contributed by atoms with Crippen molar-refractivity contribution in [1.82, 2.24) is 10.3 Å². The van der Waals surface area contributed by atoms with Crippen molar-refractivity contribution in [2.45, 2.75) is 20.1 Å². The first-order valence-electron chi connectivity index (χ1n) is 6.18. The van der Waals surface area contributed by atoms with E-state index in [9.17, 15) is 0 Å². The molecule has 0 aliphatic carbocycles. The van der Waals surface area contributed by atoms with Gasteiger partial charge >= 0.3 is 0 Å². The Labute approximate surface area is 126 Å². The van der Waals surface area contributed by atoms with Gasteiger partial charge in [-0.3, -0.25) is 0 Å². The number of nitrogens with zero attached hydrogens (tertiary/aromatic N) is 1. The van der Waals surface area contributed by atoms with Crippen molar-refractivity contribution in [3.8, 4) is 10.6 Å². The smallest absolute Gasteiger partial charge is 0.124 e. The summed E-state index contributed by atoms with van der Waals surface area (Å²) in [6.45, 7) is 4.47. The van der Waals surface area contributed by atoms with Gasteiger partial charge in [-0.25, -0.2) is 4.98 Å². The number of hydrogen-bond donors (Lipinski definition) is 1. The normalized spacial score (nSPS) is 10.9.